The van der Waals surface area contributed by atoms with Crippen molar-refractivity contribution in [3.05, 3.63) is 59.2 Å². The van der Waals surface area contributed by atoms with Crippen LogP contribution in [0.1, 0.15) is 43.4 Å². The van der Waals surface area contributed by atoms with Gasteiger partial charge in [-0.2, -0.15) is 5.26 Å². The molecule has 0 aromatic heterocycles. The van der Waals surface area contributed by atoms with Crippen LogP contribution < -0.4 is 10.1 Å². The van der Waals surface area contributed by atoms with Gasteiger partial charge in [0.15, 0.2) is 6.10 Å². The molecule has 2 aromatic rings. The number of rotatable bonds is 5. The van der Waals surface area contributed by atoms with E-state index in [2.05, 4.69) is 19.2 Å². The number of aryl methyl sites for hydroxylation is 1. The van der Waals surface area contributed by atoms with Crippen molar-refractivity contribution in [1.29, 1.82) is 5.26 Å². The Balaban J connectivity index is 2.00. The molecule has 1 atom stereocenters. The normalized spacial score (nSPS) is 11.7. The Labute approximate surface area is 143 Å². The molecule has 1 amide bonds. The molecule has 0 aliphatic carbocycles. The molecule has 124 valence electrons. The van der Waals surface area contributed by atoms with E-state index >= 15 is 0 Å². The Hall–Kier alpha value is -2.80. The number of anilines is 1. The smallest absolute Gasteiger partial charge is 0.265 e. The molecule has 2 aromatic carbocycles. The van der Waals surface area contributed by atoms with Crippen LogP contribution in [-0.2, 0) is 4.79 Å². The molecule has 1 N–H and O–H groups in total. The fourth-order valence-corrected chi connectivity index (χ4v) is 2.50. The van der Waals surface area contributed by atoms with Crippen LogP contribution in [-0.4, -0.2) is 12.0 Å². The van der Waals surface area contributed by atoms with Crippen molar-refractivity contribution in [2.75, 3.05) is 5.32 Å². The van der Waals surface area contributed by atoms with Gasteiger partial charge in [-0.15, -0.1) is 0 Å². The largest absolute Gasteiger partial charge is 0.481 e. The lowest BCUT2D eigenvalue weighted by atomic mass is 9.98. The first-order valence-electron chi connectivity index (χ1n) is 7.99. The van der Waals surface area contributed by atoms with Gasteiger partial charge in [-0.05, 0) is 67.3 Å². The zero-order chi connectivity index (χ0) is 17.7. The summed E-state index contributed by atoms with van der Waals surface area (Å²) in [5, 5.41) is 11.6. The molecule has 0 aliphatic rings. The SMILES string of the molecule is Cc1cc(OC(C)C(=O)Nc2ccc(C#N)cc2)ccc1C(C)C. The number of nitrogens with zero attached hydrogens (tertiary/aromatic N) is 1. The Bertz CT molecular complexity index is 758. The lowest BCUT2D eigenvalue weighted by Gasteiger charge is -2.17. The number of benzene rings is 2. The number of hydrogen-bond donors (Lipinski definition) is 1. The van der Waals surface area contributed by atoms with Crippen LogP contribution in [0.15, 0.2) is 42.5 Å². The average molecular weight is 322 g/mol. The molecular formula is C20H22N2O2. The number of nitriles is 1. The molecular weight excluding hydrogens is 300 g/mol. The minimum atomic E-state index is -0.620. The first-order chi connectivity index (χ1) is 11.4. The molecule has 0 saturated heterocycles. The Morgan fingerprint density at radius 3 is 2.33 bits per heavy atom. The van der Waals surface area contributed by atoms with Gasteiger partial charge in [0.05, 0.1) is 11.6 Å². The van der Waals surface area contributed by atoms with Crippen molar-refractivity contribution in [3.8, 4) is 11.8 Å². The topological polar surface area (TPSA) is 62.1 Å². The van der Waals surface area contributed by atoms with E-state index in [1.165, 1.54) is 5.56 Å². The van der Waals surface area contributed by atoms with E-state index in [9.17, 15) is 4.79 Å². The van der Waals surface area contributed by atoms with Crippen LogP contribution in [0, 0.1) is 18.3 Å². The van der Waals surface area contributed by atoms with Crippen LogP contribution in [0.25, 0.3) is 0 Å². The van der Waals surface area contributed by atoms with Crippen molar-refractivity contribution in [2.24, 2.45) is 0 Å². The van der Waals surface area contributed by atoms with Crippen molar-refractivity contribution in [3.63, 3.8) is 0 Å². The quantitative estimate of drug-likeness (QED) is 0.887. The van der Waals surface area contributed by atoms with Crippen molar-refractivity contribution in [1.82, 2.24) is 0 Å². The van der Waals surface area contributed by atoms with E-state index < -0.39 is 6.10 Å². The fourth-order valence-electron chi connectivity index (χ4n) is 2.50. The maximum Gasteiger partial charge on any atom is 0.265 e. The van der Waals surface area contributed by atoms with E-state index in [0.29, 0.717) is 22.9 Å². The molecule has 4 nitrogen and oxygen atoms in total. The maximum atomic E-state index is 12.2. The van der Waals surface area contributed by atoms with Gasteiger partial charge >= 0.3 is 0 Å². The summed E-state index contributed by atoms with van der Waals surface area (Å²) in [4.78, 5) is 12.2. The number of nitrogens with one attached hydrogen (secondary N) is 1. The van der Waals surface area contributed by atoms with Crippen LogP contribution in [0.2, 0.25) is 0 Å². The summed E-state index contributed by atoms with van der Waals surface area (Å²) in [7, 11) is 0. The zero-order valence-corrected chi connectivity index (χ0v) is 14.5. The van der Waals surface area contributed by atoms with E-state index in [4.69, 9.17) is 10.00 Å². The predicted molar refractivity (Wildman–Crippen MR) is 95.1 cm³/mol. The highest BCUT2D eigenvalue weighted by Gasteiger charge is 2.15. The molecule has 0 saturated carbocycles. The van der Waals surface area contributed by atoms with Gasteiger partial charge < -0.3 is 10.1 Å². The molecule has 0 aliphatic heterocycles. The zero-order valence-electron chi connectivity index (χ0n) is 14.5. The van der Waals surface area contributed by atoms with Gasteiger partial charge in [0.1, 0.15) is 5.75 Å². The van der Waals surface area contributed by atoms with E-state index in [-0.39, 0.29) is 5.91 Å². The Morgan fingerprint density at radius 2 is 1.79 bits per heavy atom. The van der Waals surface area contributed by atoms with E-state index in [1.807, 2.05) is 31.2 Å². The number of amides is 1. The average Bonchev–Trinajstić information content (AvgIpc) is 2.55. The van der Waals surface area contributed by atoms with Crippen molar-refractivity contribution in [2.45, 2.75) is 39.7 Å². The van der Waals surface area contributed by atoms with Crippen LogP contribution in [0.5, 0.6) is 5.75 Å². The number of ether oxygens (including phenoxy) is 1. The molecule has 2 rings (SSSR count). The van der Waals surface area contributed by atoms with Crippen LogP contribution in [0.4, 0.5) is 5.69 Å². The second kappa shape index (κ2) is 7.65. The second-order valence-electron chi connectivity index (χ2n) is 6.11. The maximum absolute atomic E-state index is 12.2. The second-order valence-corrected chi connectivity index (χ2v) is 6.11. The lowest BCUT2D eigenvalue weighted by molar-refractivity contribution is -0.122. The highest BCUT2D eigenvalue weighted by Crippen LogP contribution is 2.24. The standard InChI is InChI=1S/C20H22N2O2/c1-13(2)19-10-9-18(11-14(19)3)24-15(4)20(23)22-17-7-5-16(12-21)6-8-17/h5-11,13,15H,1-4H3,(H,22,23). The Morgan fingerprint density at radius 1 is 1.12 bits per heavy atom. The summed E-state index contributed by atoms with van der Waals surface area (Å²) in [6, 6.07) is 14.7. The summed E-state index contributed by atoms with van der Waals surface area (Å²) < 4.78 is 5.74. The third-order valence-electron chi connectivity index (χ3n) is 3.83. The van der Waals surface area contributed by atoms with Crippen LogP contribution >= 0.6 is 0 Å². The van der Waals surface area contributed by atoms with Crippen molar-refractivity contribution < 1.29 is 9.53 Å². The van der Waals surface area contributed by atoms with Gasteiger partial charge in [0.2, 0.25) is 0 Å². The molecule has 24 heavy (non-hydrogen) atoms. The number of carbonyl (C=O) groups excluding carboxylic acids is 1. The highest BCUT2D eigenvalue weighted by atomic mass is 16.5. The van der Waals surface area contributed by atoms with Gasteiger partial charge in [0, 0.05) is 5.69 Å². The Kier molecular flexibility index (Phi) is 5.59. The molecule has 0 fully saturated rings. The summed E-state index contributed by atoms with van der Waals surface area (Å²) >= 11 is 0. The van der Waals surface area contributed by atoms with Gasteiger partial charge in [0.25, 0.3) is 5.91 Å². The molecule has 0 radical (unpaired) electrons. The number of carbonyl (C=O) groups is 1. The van der Waals surface area contributed by atoms with Gasteiger partial charge in [-0.1, -0.05) is 19.9 Å². The van der Waals surface area contributed by atoms with E-state index in [0.717, 1.165) is 5.56 Å². The molecule has 0 spiro atoms. The van der Waals surface area contributed by atoms with E-state index in [1.54, 1.807) is 31.2 Å². The minimum Gasteiger partial charge on any atom is -0.481 e. The lowest BCUT2D eigenvalue weighted by Crippen LogP contribution is -2.30. The molecule has 0 heterocycles. The van der Waals surface area contributed by atoms with Crippen LogP contribution in [0.3, 0.4) is 0 Å². The summed E-state index contributed by atoms with van der Waals surface area (Å²) in [5.41, 5.74) is 3.62. The first-order valence-corrected chi connectivity index (χ1v) is 7.99. The fraction of sp³-hybridized carbons (Fsp3) is 0.300. The predicted octanol–water partition coefficient (Wildman–Crippen LogP) is 4.40. The summed E-state index contributed by atoms with van der Waals surface area (Å²) in [5.74, 6) is 0.904. The monoisotopic (exact) mass is 322 g/mol. The minimum absolute atomic E-state index is 0.231. The molecule has 4 heteroatoms. The third kappa shape index (κ3) is 4.36. The first kappa shape index (κ1) is 17.6. The third-order valence-corrected chi connectivity index (χ3v) is 3.83. The molecule has 0 bridgehead atoms. The number of hydrogen-bond acceptors (Lipinski definition) is 3. The summed E-state index contributed by atoms with van der Waals surface area (Å²) in [6.45, 7) is 8.06. The summed E-state index contributed by atoms with van der Waals surface area (Å²) in [6.07, 6.45) is -0.620. The van der Waals surface area contributed by atoms with Gasteiger partial charge in [-0.3, -0.25) is 4.79 Å². The van der Waals surface area contributed by atoms with Gasteiger partial charge in [-0.25, -0.2) is 0 Å². The molecule has 1 unspecified atom stereocenters. The highest BCUT2D eigenvalue weighted by molar-refractivity contribution is 5.94. The van der Waals surface area contributed by atoms with Crippen molar-refractivity contribution >= 4 is 11.6 Å².